The van der Waals surface area contributed by atoms with E-state index in [1.807, 2.05) is 14.0 Å². The molecule has 0 radical (unpaired) electrons. The molecule has 2 heteroatoms. The predicted molar refractivity (Wildman–Crippen MR) is 68.4 cm³/mol. The maximum atomic E-state index is 5.74. The van der Waals surface area contributed by atoms with Gasteiger partial charge < -0.3 is 10.1 Å². The van der Waals surface area contributed by atoms with E-state index in [-0.39, 0.29) is 0 Å². The molecule has 0 amide bonds. The van der Waals surface area contributed by atoms with Crippen LogP contribution in [0.15, 0.2) is 0 Å². The molecule has 1 aliphatic rings. The highest BCUT2D eigenvalue weighted by atomic mass is 16.5. The van der Waals surface area contributed by atoms with Crippen LogP contribution >= 0.6 is 0 Å². The van der Waals surface area contributed by atoms with Crippen molar-refractivity contribution >= 4 is 0 Å². The molecule has 1 fully saturated rings. The first-order valence-electron chi connectivity index (χ1n) is 6.55. The summed E-state index contributed by atoms with van der Waals surface area (Å²) in [6.07, 6.45) is 8.94. The second kappa shape index (κ2) is 8.61. The predicted octanol–water partition coefficient (Wildman–Crippen LogP) is 2.73. The topological polar surface area (TPSA) is 21.3 Å². The Morgan fingerprint density at radius 1 is 1.38 bits per heavy atom. The third-order valence-corrected chi connectivity index (χ3v) is 3.31. The Bertz CT molecular complexity index is 223. The molecule has 92 valence electrons. The van der Waals surface area contributed by atoms with Gasteiger partial charge in [-0.1, -0.05) is 0 Å². The highest BCUT2D eigenvalue weighted by Crippen LogP contribution is 2.18. The molecule has 2 nitrogen and oxygen atoms in total. The van der Waals surface area contributed by atoms with Crippen LogP contribution in [-0.2, 0) is 4.74 Å². The van der Waals surface area contributed by atoms with E-state index in [2.05, 4.69) is 17.2 Å². The Hall–Kier alpha value is -0.520. The molecular weight excluding hydrogens is 198 g/mol. The molecule has 1 saturated heterocycles. The summed E-state index contributed by atoms with van der Waals surface area (Å²) in [5.41, 5.74) is 0. The zero-order valence-electron chi connectivity index (χ0n) is 10.7. The van der Waals surface area contributed by atoms with Crippen molar-refractivity contribution in [1.29, 1.82) is 0 Å². The van der Waals surface area contributed by atoms with E-state index in [1.54, 1.807) is 0 Å². The van der Waals surface area contributed by atoms with Crippen molar-refractivity contribution in [2.45, 2.75) is 64.0 Å². The third-order valence-electron chi connectivity index (χ3n) is 3.31. The highest BCUT2D eigenvalue weighted by Gasteiger charge is 2.15. The van der Waals surface area contributed by atoms with Gasteiger partial charge in [0.1, 0.15) is 0 Å². The summed E-state index contributed by atoms with van der Waals surface area (Å²) >= 11 is 0. The number of hydrogen-bond donors (Lipinski definition) is 1. The van der Waals surface area contributed by atoms with Crippen molar-refractivity contribution in [3.8, 4) is 11.8 Å². The molecule has 1 heterocycles. The van der Waals surface area contributed by atoms with Gasteiger partial charge in [-0.2, -0.15) is 0 Å². The van der Waals surface area contributed by atoms with E-state index in [0.29, 0.717) is 12.1 Å². The van der Waals surface area contributed by atoms with E-state index >= 15 is 0 Å². The van der Waals surface area contributed by atoms with Gasteiger partial charge in [-0.05, 0) is 52.5 Å². The monoisotopic (exact) mass is 223 g/mol. The van der Waals surface area contributed by atoms with Crippen LogP contribution in [0.1, 0.15) is 51.9 Å². The fourth-order valence-corrected chi connectivity index (χ4v) is 2.23. The van der Waals surface area contributed by atoms with E-state index in [0.717, 1.165) is 19.4 Å². The van der Waals surface area contributed by atoms with Crippen LogP contribution in [0.5, 0.6) is 0 Å². The molecule has 2 atom stereocenters. The lowest BCUT2D eigenvalue weighted by atomic mass is 9.99. The van der Waals surface area contributed by atoms with Crippen LogP contribution in [0.3, 0.4) is 0 Å². The minimum atomic E-state index is 0.516. The van der Waals surface area contributed by atoms with Crippen LogP contribution < -0.4 is 5.32 Å². The zero-order chi connectivity index (χ0) is 11.6. The molecule has 0 saturated carbocycles. The lowest BCUT2D eigenvalue weighted by molar-refractivity contribution is 0.00859. The van der Waals surface area contributed by atoms with Gasteiger partial charge in [0.25, 0.3) is 0 Å². The van der Waals surface area contributed by atoms with Crippen molar-refractivity contribution in [2.24, 2.45) is 0 Å². The lowest BCUT2D eigenvalue weighted by Gasteiger charge is -2.24. The van der Waals surface area contributed by atoms with Gasteiger partial charge in [-0.15, -0.1) is 11.8 Å². The standard InChI is InChI=1S/C14H25NO/c1-3-4-5-8-13(15-2)10-11-14-9-6-7-12-16-14/h13-15H,5-12H2,1-2H3. The van der Waals surface area contributed by atoms with Crippen molar-refractivity contribution in [3.63, 3.8) is 0 Å². The number of rotatable bonds is 6. The van der Waals surface area contributed by atoms with Gasteiger partial charge in [0.15, 0.2) is 0 Å². The first-order chi connectivity index (χ1) is 7.86. The Morgan fingerprint density at radius 2 is 2.25 bits per heavy atom. The largest absolute Gasteiger partial charge is 0.378 e. The van der Waals surface area contributed by atoms with Gasteiger partial charge in [0, 0.05) is 19.1 Å². The summed E-state index contributed by atoms with van der Waals surface area (Å²) in [4.78, 5) is 0. The van der Waals surface area contributed by atoms with E-state index in [4.69, 9.17) is 4.74 Å². The van der Waals surface area contributed by atoms with Crippen molar-refractivity contribution in [3.05, 3.63) is 0 Å². The minimum absolute atomic E-state index is 0.516. The highest BCUT2D eigenvalue weighted by molar-refractivity contribution is 4.95. The fourth-order valence-electron chi connectivity index (χ4n) is 2.23. The maximum Gasteiger partial charge on any atom is 0.0575 e. The molecule has 1 N–H and O–H groups in total. The van der Waals surface area contributed by atoms with E-state index in [9.17, 15) is 0 Å². The van der Waals surface area contributed by atoms with Gasteiger partial charge in [-0.25, -0.2) is 0 Å². The van der Waals surface area contributed by atoms with Crippen LogP contribution in [-0.4, -0.2) is 25.8 Å². The molecule has 1 rings (SSSR count). The Kier molecular flexibility index (Phi) is 7.29. The Balaban J connectivity index is 2.13. The molecule has 0 spiro atoms. The van der Waals surface area contributed by atoms with Crippen LogP contribution in [0.2, 0.25) is 0 Å². The minimum Gasteiger partial charge on any atom is -0.378 e. The average Bonchev–Trinajstić information content (AvgIpc) is 2.35. The maximum absolute atomic E-state index is 5.74. The van der Waals surface area contributed by atoms with E-state index < -0.39 is 0 Å². The summed E-state index contributed by atoms with van der Waals surface area (Å²) < 4.78 is 5.74. The first kappa shape index (κ1) is 13.5. The van der Waals surface area contributed by atoms with Gasteiger partial charge in [0.2, 0.25) is 0 Å². The number of hydrogen-bond acceptors (Lipinski definition) is 2. The SMILES string of the molecule is CC#CCCC(CCC1CCCCO1)NC. The first-order valence-corrected chi connectivity index (χ1v) is 6.55. The van der Waals surface area contributed by atoms with E-state index in [1.165, 1.54) is 32.1 Å². The Labute approximate surface area is 100 Å². The summed E-state index contributed by atoms with van der Waals surface area (Å²) in [5.74, 6) is 6.08. The summed E-state index contributed by atoms with van der Waals surface area (Å²) in [7, 11) is 2.05. The van der Waals surface area contributed by atoms with Crippen LogP contribution in [0.25, 0.3) is 0 Å². The smallest absolute Gasteiger partial charge is 0.0575 e. The molecule has 2 unspecified atom stereocenters. The van der Waals surface area contributed by atoms with Gasteiger partial charge >= 0.3 is 0 Å². The molecular formula is C14H25NO. The second-order valence-electron chi connectivity index (χ2n) is 4.52. The molecule has 1 aliphatic heterocycles. The quantitative estimate of drug-likeness (QED) is 0.699. The number of ether oxygens (including phenoxy) is 1. The summed E-state index contributed by atoms with van der Waals surface area (Å²) in [6, 6.07) is 0.603. The van der Waals surface area contributed by atoms with Crippen LogP contribution in [0.4, 0.5) is 0 Å². The van der Waals surface area contributed by atoms with Gasteiger partial charge in [-0.3, -0.25) is 0 Å². The molecule has 0 aromatic rings. The second-order valence-corrected chi connectivity index (χ2v) is 4.52. The third kappa shape index (κ3) is 5.53. The lowest BCUT2D eigenvalue weighted by Crippen LogP contribution is -2.28. The van der Waals surface area contributed by atoms with Crippen molar-refractivity contribution < 1.29 is 4.74 Å². The van der Waals surface area contributed by atoms with Crippen LogP contribution in [0, 0.1) is 11.8 Å². The molecule has 0 aromatic carbocycles. The average molecular weight is 223 g/mol. The molecule has 0 aromatic heterocycles. The zero-order valence-corrected chi connectivity index (χ0v) is 10.7. The van der Waals surface area contributed by atoms with Crippen molar-refractivity contribution in [1.82, 2.24) is 5.32 Å². The Morgan fingerprint density at radius 3 is 2.88 bits per heavy atom. The molecule has 0 aliphatic carbocycles. The summed E-state index contributed by atoms with van der Waals surface area (Å²) in [5, 5.41) is 3.38. The number of nitrogens with one attached hydrogen (secondary N) is 1. The normalized spacial score (nSPS) is 22.2. The summed E-state index contributed by atoms with van der Waals surface area (Å²) in [6.45, 7) is 2.88. The molecule has 0 bridgehead atoms. The fraction of sp³-hybridized carbons (Fsp3) is 0.857. The van der Waals surface area contributed by atoms with Gasteiger partial charge in [0.05, 0.1) is 6.10 Å². The van der Waals surface area contributed by atoms with Crippen molar-refractivity contribution in [2.75, 3.05) is 13.7 Å². The molecule has 16 heavy (non-hydrogen) atoms.